The third kappa shape index (κ3) is 3.50. The van der Waals surface area contributed by atoms with Gasteiger partial charge in [-0.2, -0.15) is 0 Å². The second-order valence-electron chi connectivity index (χ2n) is 4.86. The maximum atomic E-state index is 5.91. The summed E-state index contributed by atoms with van der Waals surface area (Å²) in [6.07, 6.45) is 1.16. The van der Waals surface area contributed by atoms with Crippen molar-refractivity contribution in [1.82, 2.24) is 4.90 Å². The molecule has 0 unspecified atom stereocenters. The molecule has 1 nitrogen and oxygen atoms in total. The molecule has 0 saturated carbocycles. The molecule has 0 fully saturated rings. The Bertz CT molecular complexity index is 537. The summed E-state index contributed by atoms with van der Waals surface area (Å²) < 4.78 is 0. The SMILES string of the molecule is Cl.Clc1ccc(CN2CCc3ccccc3C2)cc1. The number of halogens is 2. The molecule has 0 radical (unpaired) electrons. The van der Waals surface area contributed by atoms with Crippen molar-refractivity contribution in [3.63, 3.8) is 0 Å². The summed E-state index contributed by atoms with van der Waals surface area (Å²) in [7, 11) is 0. The van der Waals surface area contributed by atoms with E-state index in [1.54, 1.807) is 0 Å². The standard InChI is InChI=1S/C16H16ClN.ClH/c17-16-7-5-13(6-8-16)11-18-10-9-14-3-1-2-4-15(14)12-18;/h1-8H,9-12H2;1H. The molecule has 19 heavy (non-hydrogen) atoms. The van der Waals surface area contributed by atoms with Gasteiger partial charge in [-0.1, -0.05) is 48.0 Å². The highest BCUT2D eigenvalue weighted by Gasteiger charge is 2.15. The van der Waals surface area contributed by atoms with Gasteiger partial charge in [0.2, 0.25) is 0 Å². The first kappa shape index (κ1) is 14.4. The number of hydrogen-bond donors (Lipinski definition) is 0. The highest BCUT2D eigenvalue weighted by atomic mass is 35.5. The maximum absolute atomic E-state index is 5.91. The second kappa shape index (κ2) is 6.42. The Morgan fingerprint density at radius 1 is 0.947 bits per heavy atom. The van der Waals surface area contributed by atoms with Crippen LogP contribution in [0.4, 0.5) is 0 Å². The van der Waals surface area contributed by atoms with Crippen LogP contribution in [0.5, 0.6) is 0 Å². The quantitative estimate of drug-likeness (QED) is 0.797. The van der Waals surface area contributed by atoms with Crippen molar-refractivity contribution in [1.29, 1.82) is 0 Å². The zero-order chi connectivity index (χ0) is 12.4. The Morgan fingerprint density at radius 3 is 2.37 bits per heavy atom. The predicted octanol–water partition coefficient (Wildman–Crippen LogP) is 4.32. The minimum Gasteiger partial charge on any atom is -0.294 e. The molecular formula is C16H17Cl2N. The zero-order valence-electron chi connectivity index (χ0n) is 10.7. The van der Waals surface area contributed by atoms with Crippen molar-refractivity contribution in [3.8, 4) is 0 Å². The van der Waals surface area contributed by atoms with E-state index in [4.69, 9.17) is 11.6 Å². The van der Waals surface area contributed by atoms with Gasteiger partial charge in [0, 0.05) is 24.7 Å². The van der Waals surface area contributed by atoms with Crippen molar-refractivity contribution in [3.05, 3.63) is 70.2 Å². The zero-order valence-corrected chi connectivity index (χ0v) is 12.3. The Labute approximate surface area is 125 Å². The van der Waals surface area contributed by atoms with Crippen molar-refractivity contribution < 1.29 is 0 Å². The Morgan fingerprint density at radius 2 is 1.63 bits per heavy atom. The summed E-state index contributed by atoms with van der Waals surface area (Å²) in [5, 5.41) is 0.808. The molecule has 0 atom stereocenters. The van der Waals surface area contributed by atoms with E-state index >= 15 is 0 Å². The Kier molecular flexibility index (Phi) is 4.87. The van der Waals surface area contributed by atoms with Gasteiger partial charge in [-0.25, -0.2) is 0 Å². The fourth-order valence-corrected chi connectivity index (χ4v) is 2.66. The average Bonchev–Trinajstić information content (AvgIpc) is 2.41. The molecule has 0 spiro atoms. The van der Waals surface area contributed by atoms with E-state index in [0.29, 0.717) is 0 Å². The molecule has 0 saturated heterocycles. The van der Waals surface area contributed by atoms with Crippen molar-refractivity contribution in [2.45, 2.75) is 19.5 Å². The molecule has 2 aromatic carbocycles. The smallest absolute Gasteiger partial charge is 0.0406 e. The van der Waals surface area contributed by atoms with Crippen LogP contribution in [0, 0.1) is 0 Å². The topological polar surface area (TPSA) is 3.24 Å². The Balaban J connectivity index is 0.00000133. The molecule has 1 aliphatic heterocycles. The van der Waals surface area contributed by atoms with E-state index in [1.165, 1.54) is 16.7 Å². The number of rotatable bonds is 2. The largest absolute Gasteiger partial charge is 0.294 e. The van der Waals surface area contributed by atoms with Gasteiger partial charge in [-0.05, 0) is 35.2 Å². The van der Waals surface area contributed by atoms with Crippen molar-refractivity contribution in [2.75, 3.05) is 6.54 Å². The molecule has 2 aromatic rings. The van der Waals surface area contributed by atoms with Crippen molar-refractivity contribution >= 4 is 24.0 Å². The van der Waals surface area contributed by atoms with Crippen molar-refractivity contribution in [2.24, 2.45) is 0 Å². The minimum absolute atomic E-state index is 0. The van der Waals surface area contributed by atoms with E-state index in [9.17, 15) is 0 Å². The van der Waals surface area contributed by atoms with Crippen LogP contribution in [0.25, 0.3) is 0 Å². The van der Waals surface area contributed by atoms with E-state index < -0.39 is 0 Å². The van der Waals surface area contributed by atoms with E-state index in [-0.39, 0.29) is 12.4 Å². The molecule has 3 heteroatoms. The van der Waals surface area contributed by atoms with Gasteiger partial charge >= 0.3 is 0 Å². The van der Waals surface area contributed by atoms with Gasteiger partial charge in [0.15, 0.2) is 0 Å². The van der Waals surface area contributed by atoms with Crippen LogP contribution in [0.3, 0.4) is 0 Å². The van der Waals surface area contributed by atoms with Crippen LogP contribution >= 0.6 is 24.0 Å². The fourth-order valence-electron chi connectivity index (χ4n) is 2.54. The monoisotopic (exact) mass is 293 g/mol. The molecule has 1 heterocycles. The Hall–Kier alpha value is -1.02. The van der Waals surface area contributed by atoms with Crippen LogP contribution in [0.2, 0.25) is 5.02 Å². The predicted molar refractivity (Wildman–Crippen MR) is 83.0 cm³/mol. The van der Waals surface area contributed by atoms with Crippen LogP contribution in [0.1, 0.15) is 16.7 Å². The second-order valence-corrected chi connectivity index (χ2v) is 5.29. The lowest BCUT2D eigenvalue weighted by Gasteiger charge is -2.28. The molecule has 0 N–H and O–H groups in total. The number of fused-ring (bicyclic) bond motifs is 1. The molecule has 0 aliphatic carbocycles. The van der Waals surface area contributed by atoms with Crippen LogP contribution in [-0.4, -0.2) is 11.4 Å². The van der Waals surface area contributed by atoms with Crippen LogP contribution in [-0.2, 0) is 19.5 Å². The molecule has 3 rings (SSSR count). The number of nitrogens with zero attached hydrogens (tertiary/aromatic N) is 1. The first-order valence-corrected chi connectivity index (χ1v) is 6.73. The third-order valence-electron chi connectivity index (χ3n) is 3.53. The molecule has 0 amide bonds. The lowest BCUT2D eigenvalue weighted by Crippen LogP contribution is -2.29. The first-order chi connectivity index (χ1) is 8.81. The average molecular weight is 294 g/mol. The summed E-state index contributed by atoms with van der Waals surface area (Å²) >= 11 is 5.91. The molecular weight excluding hydrogens is 277 g/mol. The van der Waals surface area contributed by atoms with Gasteiger partial charge in [-0.3, -0.25) is 4.90 Å². The maximum Gasteiger partial charge on any atom is 0.0406 e. The minimum atomic E-state index is 0. The van der Waals surface area contributed by atoms with Gasteiger partial charge < -0.3 is 0 Å². The lowest BCUT2D eigenvalue weighted by molar-refractivity contribution is 0.245. The summed E-state index contributed by atoms with van der Waals surface area (Å²) in [6.45, 7) is 3.20. The van der Waals surface area contributed by atoms with E-state index in [1.807, 2.05) is 12.1 Å². The highest BCUT2D eigenvalue weighted by Crippen LogP contribution is 2.20. The van der Waals surface area contributed by atoms with Gasteiger partial charge in [0.25, 0.3) is 0 Å². The summed E-state index contributed by atoms with van der Waals surface area (Å²) in [5.41, 5.74) is 4.31. The molecule has 1 aliphatic rings. The number of benzene rings is 2. The molecule has 100 valence electrons. The summed E-state index contributed by atoms with van der Waals surface area (Å²) in [4.78, 5) is 2.49. The summed E-state index contributed by atoms with van der Waals surface area (Å²) in [5.74, 6) is 0. The fraction of sp³-hybridized carbons (Fsp3) is 0.250. The van der Waals surface area contributed by atoms with Crippen LogP contribution in [0.15, 0.2) is 48.5 Å². The molecule has 0 aromatic heterocycles. The molecule has 0 bridgehead atoms. The highest BCUT2D eigenvalue weighted by molar-refractivity contribution is 6.30. The van der Waals surface area contributed by atoms with E-state index in [0.717, 1.165) is 31.1 Å². The third-order valence-corrected chi connectivity index (χ3v) is 3.78. The number of hydrogen-bond acceptors (Lipinski definition) is 1. The summed E-state index contributed by atoms with van der Waals surface area (Å²) in [6, 6.07) is 16.9. The van der Waals surface area contributed by atoms with Gasteiger partial charge in [0.1, 0.15) is 0 Å². The normalized spacial score (nSPS) is 14.6. The van der Waals surface area contributed by atoms with Crippen LogP contribution < -0.4 is 0 Å². The lowest BCUT2D eigenvalue weighted by atomic mass is 9.99. The van der Waals surface area contributed by atoms with E-state index in [2.05, 4.69) is 41.3 Å². The van der Waals surface area contributed by atoms with Gasteiger partial charge in [-0.15, -0.1) is 12.4 Å². The first-order valence-electron chi connectivity index (χ1n) is 6.35. The van der Waals surface area contributed by atoms with Gasteiger partial charge in [0.05, 0.1) is 0 Å².